The van der Waals surface area contributed by atoms with Crippen molar-refractivity contribution in [3.63, 3.8) is 0 Å². The number of amides is 1. The molecule has 1 N–H and O–H groups in total. The van der Waals surface area contributed by atoms with Gasteiger partial charge in [0.1, 0.15) is 12.4 Å². The SMILES string of the molecule is O=C(NCCOc1ccc(S(=O)(=O)N2CCOCC2)cc1)c1cccc(S(=O)(=O)N2CCOCC2)c1. The maximum atomic E-state index is 12.8. The number of hydrogen-bond donors (Lipinski definition) is 1. The molecule has 0 spiro atoms. The fourth-order valence-electron chi connectivity index (χ4n) is 3.81. The van der Waals surface area contributed by atoms with Gasteiger partial charge in [0.25, 0.3) is 5.91 Å². The predicted molar refractivity (Wildman–Crippen MR) is 130 cm³/mol. The van der Waals surface area contributed by atoms with E-state index in [9.17, 15) is 21.6 Å². The molecule has 2 aliphatic rings. The number of carbonyl (C=O) groups is 1. The fraction of sp³-hybridized carbons (Fsp3) is 0.435. The average molecular weight is 540 g/mol. The molecule has 13 heteroatoms. The van der Waals surface area contributed by atoms with Gasteiger partial charge in [0.2, 0.25) is 20.0 Å². The zero-order valence-corrected chi connectivity index (χ0v) is 21.3. The van der Waals surface area contributed by atoms with Crippen molar-refractivity contribution >= 4 is 26.0 Å². The molecule has 2 aliphatic heterocycles. The smallest absolute Gasteiger partial charge is 0.251 e. The molecule has 0 atom stereocenters. The van der Waals surface area contributed by atoms with Gasteiger partial charge in [-0.1, -0.05) is 6.07 Å². The maximum absolute atomic E-state index is 12.8. The highest BCUT2D eigenvalue weighted by molar-refractivity contribution is 7.89. The van der Waals surface area contributed by atoms with Crippen LogP contribution in [-0.2, 0) is 29.5 Å². The molecule has 196 valence electrons. The first-order chi connectivity index (χ1) is 17.3. The molecule has 0 aliphatic carbocycles. The molecule has 1 amide bonds. The van der Waals surface area contributed by atoms with Crippen molar-refractivity contribution < 1.29 is 35.8 Å². The highest BCUT2D eigenvalue weighted by Crippen LogP contribution is 2.21. The third-order valence-electron chi connectivity index (χ3n) is 5.79. The van der Waals surface area contributed by atoms with E-state index in [2.05, 4.69) is 5.32 Å². The molecule has 0 unspecified atom stereocenters. The third kappa shape index (κ3) is 6.22. The topological polar surface area (TPSA) is 132 Å². The summed E-state index contributed by atoms with van der Waals surface area (Å²) in [4.78, 5) is 12.8. The van der Waals surface area contributed by atoms with Gasteiger partial charge < -0.3 is 19.5 Å². The molecule has 2 heterocycles. The lowest BCUT2D eigenvalue weighted by atomic mass is 10.2. The Bertz CT molecular complexity index is 1250. The summed E-state index contributed by atoms with van der Waals surface area (Å²) in [6, 6.07) is 12.0. The van der Waals surface area contributed by atoms with E-state index < -0.39 is 26.0 Å². The van der Waals surface area contributed by atoms with Gasteiger partial charge in [0.05, 0.1) is 42.8 Å². The van der Waals surface area contributed by atoms with Gasteiger partial charge in [-0.15, -0.1) is 0 Å². The van der Waals surface area contributed by atoms with Crippen molar-refractivity contribution in [1.82, 2.24) is 13.9 Å². The van der Waals surface area contributed by atoms with E-state index in [1.807, 2.05) is 0 Å². The summed E-state index contributed by atoms with van der Waals surface area (Å²) in [5, 5.41) is 2.70. The second-order valence-electron chi connectivity index (χ2n) is 8.14. The largest absolute Gasteiger partial charge is 0.492 e. The average Bonchev–Trinajstić information content (AvgIpc) is 2.92. The Hall–Kier alpha value is -2.55. The monoisotopic (exact) mass is 539 g/mol. The van der Waals surface area contributed by atoms with Gasteiger partial charge in [-0.05, 0) is 42.5 Å². The predicted octanol–water partition coefficient (Wildman–Crippen LogP) is 0.537. The van der Waals surface area contributed by atoms with E-state index in [1.165, 1.54) is 38.9 Å². The van der Waals surface area contributed by atoms with Gasteiger partial charge in [-0.3, -0.25) is 4.79 Å². The molecular weight excluding hydrogens is 510 g/mol. The molecule has 0 bridgehead atoms. The minimum Gasteiger partial charge on any atom is -0.492 e. The minimum atomic E-state index is -3.70. The van der Waals surface area contributed by atoms with Crippen LogP contribution in [0.4, 0.5) is 0 Å². The summed E-state index contributed by atoms with van der Waals surface area (Å²) in [5.41, 5.74) is 0.224. The molecule has 2 saturated heterocycles. The van der Waals surface area contributed by atoms with Crippen molar-refractivity contribution in [2.24, 2.45) is 0 Å². The Kier molecular flexibility index (Phi) is 8.59. The molecule has 4 rings (SSSR count). The summed E-state index contributed by atoms with van der Waals surface area (Å²) in [5.74, 6) is 0.0355. The van der Waals surface area contributed by atoms with Gasteiger partial charge in [-0.25, -0.2) is 16.8 Å². The molecule has 2 aromatic rings. The Morgan fingerprint density at radius 1 is 0.806 bits per heavy atom. The Balaban J connectivity index is 1.28. The number of nitrogens with zero attached hydrogens (tertiary/aromatic N) is 2. The van der Waals surface area contributed by atoms with Crippen molar-refractivity contribution in [2.45, 2.75) is 9.79 Å². The normalized spacial score (nSPS) is 18.0. The van der Waals surface area contributed by atoms with E-state index in [0.717, 1.165) is 0 Å². The number of benzene rings is 2. The lowest BCUT2D eigenvalue weighted by molar-refractivity contribution is 0.0730. The van der Waals surface area contributed by atoms with Gasteiger partial charge in [0, 0.05) is 31.7 Å². The van der Waals surface area contributed by atoms with E-state index in [1.54, 1.807) is 18.2 Å². The van der Waals surface area contributed by atoms with Gasteiger partial charge in [-0.2, -0.15) is 8.61 Å². The standard InChI is InChI=1S/C23H29N3O8S2/c27-23(19-2-1-3-22(18-19)36(30,31)26-11-16-33-17-12-26)24-8-13-34-20-4-6-21(7-5-20)35(28,29)25-9-14-32-15-10-25/h1-7,18H,8-17H2,(H,24,27). The van der Waals surface area contributed by atoms with Crippen LogP contribution < -0.4 is 10.1 Å². The Morgan fingerprint density at radius 3 is 1.94 bits per heavy atom. The van der Waals surface area contributed by atoms with Crippen molar-refractivity contribution in [2.75, 3.05) is 65.8 Å². The molecule has 0 radical (unpaired) electrons. The molecule has 2 aromatic carbocycles. The van der Waals surface area contributed by atoms with Crippen LogP contribution in [0.5, 0.6) is 5.75 Å². The number of nitrogens with one attached hydrogen (secondary N) is 1. The van der Waals surface area contributed by atoms with Crippen LogP contribution in [0, 0.1) is 0 Å². The lowest BCUT2D eigenvalue weighted by Crippen LogP contribution is -2.40. The highest BCUT2D eigenvalue weighted by atomic mass is 32.2. The summed E-state index contributed by atoms with van der Waals surface area (Å²) in [6.07, 6.45) is 0. The first-order valence-corrected chi connectivity index (χ1v) is 14.4. The zero-order chi connectivity index (χ0) is 25.6. The number of sulfonamides is 2. The third-order valence-corrected chi connectivity index (χ3v) is 9.60. The van der Waals surface area contributed by atoms with Crippen molar-refractivity contribution in [1.29, 1.82) is 0 Å². The fourth-order valence-corrected chi connectivity index (χ4v) is 6.68. The second kappa shape index (κ2) is 11.7. The van der Waals surface area contributed by atoms with Crippen LogP contribution in [0.25, 0.3) is 0 Å². The van der Waals surface area contributed by atoms with Crippen molar-refractivity contribution in [3.05, 3.63) is 54.1 Å². The zero-order valence-electron chi connectivity index (χ0n) is 19.7. The number of carbonyl (C=O) groups excluding carboxylic acids is 1. The number of ether oxygens (including phenoxy) is 3. The van der Waals surface area contributed by atoms with Gasteiger partial charge in [0.15, 0.2) is 0 Å². The lowest BCUT2D eigenvalue weighted by Gasteiger charge is -2.26. The minimum absolute atomic E-state index is 0.0559. The molecule has 36 heavy (non-hydrogen) atoms. The Morgan fingerprint density at radius 2 is 1.36 bits per heavy atom. The quantitative estimate of drug-likeness (QED) is 0.457. The van der Waals surface area contributed by atoms with Crippen LogP contribution in [0.3, 0.4) is 0 Å². The van der Waals surface area contributed by atoms with E-state index in [-0.39, 0.29) is 41.6 Å². The summed E-state index contributed by atoms with van der Waals surface area (Å²) >= 11 is 0. The number of hydrogen-bond acceptors (Lipinski definition) is 8. The maximum Gasteiger partial charge on any atom is 0.251 e. The molecular formula is C23H29N3O8S2. The second-order valence-corrected chi connectivity index (χ2v) is 12.0. The number of rotatable bonds is 9. The summed E-state index contributed by atoms with van der Waals surface area (Å²) in [6.45, 7) is 2.94. The van der Waals surface area contributed by atoms with Gasteiger partial charge >= 0.3 is 0 Å². The van der Waals surface area contributed by atoms with Crippen LogP contribution in [0.2, 0.25) is 0 Å². The van der Waals surface area contributed by atoms with E-state index in [0.29, 0.717) is 45.3 Å². The number of morpholine rings is 2. The molecule has 11 nitrogen and oxygen atoms in total. The summed E-state index contributed by atoms with van der Waals surface area (Å²) in [7, 11) is -7.28. The Labute approximate surface area is 211 Å². The van der Waals surface area contributed by atoms with Crippen molar-refractivity contribution in [3.8, 4) is 5.75 Å². The highest BCUT2D eigenvalue weighted by Gasteiger charge is 2.27. The van der Waals surface area contributed by atoms with Crippen LogP contribution in [0.1, 0.15) is 10.4 Å². The molecule has 0 aromatic heterocycles. The first-order valence-electron chi connectivity index (χ1n) is 11.6. The van der Waals surface area contributed by atoms with E-state index >= 15 is 0 Å². The summed E-state index contributed by atoms with van der Waals surface area (Å²) < 4.78 is 69.8. The molecule has 0 saturated carbocycles. The molecule has 2 fully saturated rings. The first kappa shape index (κ1) is 26.5. The van der Waals surface area contributed by atoms with Crippen LogP contribution in [-0.4, -0.2) is 97.1 Å². The van der Waals surface area contributed by atoms with E-state index in [4.69, 9.17) is 14.2 Å². The van der Waals surface area contributed by atoms with Crippen LogP contribution >= 0.6 is 0 Å². The van der Waals surface area contributed by atoms with Crippen LogP contribution in [0.15, 0.2) is 58.3 Å².